The number of para-hydroxylation sites is 1. The first-order valence-electron chi connectivity index (χ1n) is 11.4. The molecule has 1 aromatic heterocycles. The Balaban J connectivity index is 1.42. The van der Waals surface area contributed by atoms with Crippen LogP contribution in [0.5, 0.6) is 0 Å². The van der Waals surface area contributed by atoms with Gasteiger partial charge in [-0.15, -0.1) is 0 Å². The van der Waals surface area contributed by atoms with Crippen molar-refractivity contribution in [1.82, 2.24) is 20.1 Å². The molecule has 1 heterocycles. The number of sulfonamides is 1. The second-order valence-electron chi connectivity index (χ2n) is 8.65. The molecule has 1 fully saturated rings. The predicted molar refractivity (Wildman–Crippen MR) is 127 cm³/mol. The lowest BCUT2D eigenvalue weighted by molar-refractivity contribution is 0.0551. The van der Waals surface area contributed by atoms with Gasteiger partial charge in [0.2, 0.25) is 0 Å². The average Bonchev–Trinajstić information content (AvgIpc) is 3.38. The summed E-state index contributed by atoms with van der Waals surface area (Å²) in [5, 5.41) is 18.2. The molecule has 0 amide bonds. The molecule has 0 bridgehead atoms. The third-order valence-electron chi connectivity index (χ3n) is 6.35. The van der Waals surface area contributed by atoms with Crippen molar-refractivity contribution in [2.75, 3.05) is 4.72 Å². The Morgan fingerprint density at radius 1 is 1.09 bits per heavy atom. The van der Waals surface area contributed by atoms with Crippen LogP contribution in [-0.4, -0.2) is 40.4 Å². The summed E-state index contributed by atoms with van der Waals surface area (Å²) >= 11 is 0. The fourth-order valence-electron chi connectivity index (χ4n) is 4.37. The van der Waals surface area contributed by atoms with Gasteiger partial charge in [0, 0.05) is 12.6 Å². The molecule has 1 aliphatic rings. The Morgan fingerprint density at radius 3 is 2.52 bits per heavy atom. The molecular formula is C24H31N5O3S. The van der Waals surface area contributed by atoms with E-state index in [1.54, 1.807) is 47.4 Å². The molecule has 0 spiro atoms. The first-order valence-corrected chi connectivity index (χ1v) is 12.9. The number of rotatable bonds is 9. The first-order chi connectivity index (χ1) is 15.9. The molecule has 0 aliphatic heterocycles. The van der Waals surface area contributed by atoms with Gasteiger partial charge in [-0.05, 0) is 61.6 Å². The summed E-state index contributed by atoms with van der Waals surface area (Å²) in [5.74, 6) is 0.329. The van der Waals surface area contributed by atoms with Crippen molar-refractivity contribution in [3.05, 3.63) is 66.7 Å². The minimum Gasteiger partial charge on any atom is -0.391 e. The third-order valence-corrected chi connectivity index (χ3v) is 7.73. The zero-order chi connectivity index (χ0) is 23.3. The van der Waals surface area contributed by atoms with Crippen LogP contribution in [0.4, 0.5) is 5.69 Å². The van der Waals surface area contributed by atoms with Gasteiger partial charge in [-0.2, -0.15) is 5.10 Å². The molecule has 1 saturated carbocycles. The first kappa shape index (κ1) is 23.4. The van der Waals surface area contributed by atoms with Crippen molar-refractivity contribution >= 4 is 15.7 Å². The third kappa shape index (κ3) is 5.79. The van der Waals surface area contributed by atoms with Crippen molar-refractivity contribution in [1.29, 1.82) is 0 Å². The van der Waals surface area contributed by atoms with Crippen LogP contribution >= 0.6 is 0 Å². The number of hydrogen-bond acceptors (Lipinski definition) is 6. The molecule has 33 heavy (non-hydrogen) atoms. The van der Waals surface area contributed by atoms with E-state index in [-0.39, 0.29) is 10.9 Å². The summed E-state index contributed by atoms with van der Waals surface area (Å²) in [5.41, 5.74) is 2.06. The number of benzene rings is 2. The number of nitrogens with zero attached hydrogens (tertiary/aromatic N) is 3. The molecule has 3 N–H and O–H groups in total. The van der Waals surface area contributed by atoms with E-state index >= 15 is 0 Å². The maximum atomic E-state index is 13.0. The average molecular weight is 470 g/mol. The minimum atomic E-state index is -3.77. The maximum absolute atomic E-state index is 13.0. The van der Waals surface area contributed by atoms with Crippen LogP contribution in [0.2, 0.25) is 0 Å². The van der Waals surface area contributed by atoms with Crippen molar-refractivity contribution in [3.63, 3.8) is 0 Å². The fraction of sp³-hybridized carbons (Fsp3) is 0.417. The molecule has 2 aromatic carbocycles. The van der Waals surface area contributed by atoms with E-state index in [1.165, 1.54) is 25.6 Å². The van der Waals surface area contributed by atoms with Gasteiger partial charge in [0.15, 0.2) is 0 Å². The molecule has 4 rings (SSSR count). The van der Waals surface area contributed by atoms with E-state index < -0.39 is 16.1 Å². The van der Waals surface area contributed by atoms with Gasteiger partial charge in [-0.3, -0.25) is 4.72 Å². The van der Waals surface area contributed by atoms with Gasteiger partial charge in [-0.25, -0.2) is 18.1 Å². The monoisotopic (exact) mass is 469 g/mol. The van der Waals surface area contributed by atoms with E-state index in [0.717, 1.165) is 24.1 Å². The Morgan fingerprint density at radius 2 is 1.82 bits per heavy atom. The molecule has 3 aromatic rings. The van der Waals surface area contributed by atoms with Gasteiger partial charge in [0.1, 0.15) is 12.7 Å². The number of aromatic nitrogens is 3. The fourth-order valence-corrected chi connectivity index (χ4v) is 5.47. The molecule has 2 atom stereocenters. The topological polar surface area (TPSA) is 109 Å². The Kier molecular flexibility index (Phi) is 7.42. The number of aliphatic hydroxyl groups is 1. The summed E-state index contributed by atoms with van der Waals surface area (Å²) in [6.45, 7) is 2.44. The van der Waals surface area contributed by atoms with E-state index in [2.05, 4.69) is 20.1 Å². The van der Waals surface area contributed by atoms with Gasteiger partial charge >= 0.3 is 0 Å². The maximum Gasteiger partial charge on any atom is 0.261 e. The SMILES string of the molecule is C[C@H](NCc1ccccc1NS(=O)(=O)c1ccc(-n2cncn2)cc1)[C@@H](O)C1CCCCC1. The zero-order valence-corrected chi connectivity index (χ0v) is 19.6. The molecule has 8 nitrogen and oxygen atoms in total. The molecule has 0 unspecified atom stereocenters. The smallest absolute Gasteiger partial charge is 0.261 e. The van der Waals surface area contributed by atoms with Crippen LogP contribution < -0.4 is 10.0 Å². The van der Waals surface area contributed by atoms with Crippen LogP contribution in [0, 0.1) is 5.92 Å². The molecule has 1 aliphatic carbocycles. The van der Waals surface area contributed by atoms with Gasteiger partial charge < -0.3 is 10.4 Å². The largest absolute Gasteiger partial charge is 0.391 e. The zero-order valence-electron chi connectivity index (χ0n) is 18.8. The highest BCUT2D eigenvalue weighted by Crippen LogP contribution is 2.28. The lowest BCUT2D eigenvalue weighted by Crippen LogP contribution is -2.42. The van der Waals surface area contributed by atoms with Crippen LogP contribution in [0.1, 0.15) is 44.6 Å². The highest BCUT2D eigenvalue weighted by atomic mass is 32.2. The Bertz CT molecular complexity index is 1130. The molecule has 0 radical (unpaired) electrons. The highest BCUT2D eigenvalue weighted by molar-refractivity contribution is 7.92. The molecule has 176 valence electrons. The highest BCUT2D eigenvalue weighted by Gasteiger charge is 2.26. The summed E-state index contributed by atoms with van der Waals surface area (Å²) in [4.78, 5) is 4.06. The van der Waals surface area contributed by atoms with Crippen LogP contribution in [0.25, 0.3) is 5.69 Å². The number of aliphatic hydroxyl groups excluding tert-OH is 1. The van der Waals surface area contributed by atoms with Crippen LogP contribution in [-0.2, 0) is 16.6 Å². The molecule has 9 heteroatoms. The van der Waals surface area contributed by atoms with Crippen molar-refractivity contribution < 1.29 is 13.5 Å². The lowest BCUT2D eigenvalue weighted by atomic mass is 9.83. The quantitative estimate of drug-likeness (QED) is 0.443. The van der Waals surface area contributed by atoms with E-state index in [1.807, 2.05) is 19.1 Å². The summed E-state index contributed by atoms with van der Waals surface area (Å²) in [7, 11) is -3.77. The minimum absolute atomic E-state index is 0.0814. The van der Waals surface area contributed by atoms with Crippen molar-refractivity contribution in [2.45, 2.75) is 62.6 Å². The van der Waals surface area contributed by atoms with Gasteiger partial charge in [-0.1, -0.05) is 37.5 Å². The Hall–Kier alpha value is -2.75. The van der Waals surface area contributed by atoms with Crippen molar-refractivity contribution in [3.8, 4) is 5.69 Å². The summed E-state index contributed by atoms with van der Waals surface area (Å²) in [6, 6.07) is 13.7. The predicted octanol–water partition coefficient (Wildman–Crippen LogP) is 3.49. The van der Waals surface area contributed by atoms with E-state index in [9.17, 15) is 13.5 Å². The van der Waals surface area contributed by atoms with E-state index in [0.29, 0.717) is 18.2 Å². The molecule has 0 saturated heterocycles. The number of anilines is 1. The van der Waals surface area contributed by atoms with Crippen LogP contribution in [0.3, 0.4) is 0 Å². The lowest BCUT2D eigenvalue weighted by Gasteiger charge is -2.31. The van der Waals surface area contributed by atoms with Gasteiger partial charge in [0.05, 0.1) is 22.4 Å². The van der Waals surface area contributed by atoms with Gasteiger partial charge in [0.25, 0.3) is 10.0 Å². The van der Waals surface area contributed by atoms with Crippen molar-refractivity contribution in [2.24, 2.45) is 5.92 Å². The van der Waals surface area contributed by atoms with Crippen LogP contribution in [0.15, 0.2) is 66.1 Å². The molecular weight excluding hydrogens is 438 g/mol. The van der Waals surface area contributed by atoms with E-state index in [4.69, 9.17) is 0 Å². The summed E-state index contributed by atoms with van der Waals surface area (Å²) < 4.78 is 30.3. The number of nitrogens with one attached hydrogen (secondary N) is 2. The second-order valence-corrected chi connectivity index (χ2v) is 10.3. The second kappa shape index (κ2) is 10.5. The Labute approximate surface area is 195 Å². The normalized spacial score (nSPS) is 16.9. The number of hydrogen-bond donors (Lipinski definition) is 3. The standard InChI is InChI=1S/C24H31N5O3S/c1-18(24(30)19-7-3-2-4-8-19)26-15-20-9-5-6-10-23(20)28-33(31,32)22-13-11-21(12-14-22)29-17-25-16-27-29/h5-6,9-14,16-19,24,26,28,30H,2-4,7-8,15H2,1H3/t18-,24+/m0/s1. The summed E-state index contributed by atoms with van der Waals surface area (Å²) in [6.07, 6.45) is 8.32.